The molecule has 0 radical (unpaired) electrons. The smallest absolute Gasteiger partial charge is 0.137 e. The van der Waals surface area contributed by atoms with Crippen molar-refractivity contribution in [2.24, 2.45) is 11.3 Å². The minimum atomic E-state index is -0.349. The Kier molecular flexibility index (Phi) is 2.28. The Bertz CT molecular complexity index is 430. The zero-order valence-electron chi connectivity index (χ0n) is 10.8. The third-order valence-corrected chi connectivity index (χ3v) is 5.88. The van der Waals surface area contributed by atoms with E-state index >= 15 is 0 Å². The second-order valence-electron chi connectivity index (χ2n) is 6.45. The summed E-state index contributed by atoms with van der Waals surface area (Å²) in [6.45, 7) is 2.30. The molecule has 0 aromatic heterocycles. The van der Waals surface area contributed by atoms with Crippen LogP contribution in [0, 0.1) is 11.3 Å². The van der Waals surface area contributed by atoms with Gasteiger partial charge in [0.2, 0.25) is 0 Å². The molecule has 3 heteroatoms. The molecule has 3 nitrogen and oxygen atoms in total. The van der Waals surface area contributed by atoms with Crippen molar-refractivity contribution in [2.45, 2.75) is 50.7 Å². The van der Waals surface area contributed by atoms with Crippen LogP contribution in [0.5, 0.6) is 0 Å². The molecule has 2 saturated carbocycles. The average molecular weight is 247 g/mol. The number of piperidine rings is 1. The van der Waals surface area contributed by atoms with E-state index in [9.17, 15) is 9.90 Å². The van der Waals surface area contributed by atoms with Crippen molar-refractivity contribution in [1.29, 1.82) is 0 Å². The number of rotatable bonds is 0. The molecule has 1 N–H and O–H groups in total. The van der Waals surface area contributed by atoms with Crippen molar-refractivity contribution in [3.63, 3.8) is 0 Å². The van der Waals surface area contributed by atoms with E-state index < -0.39 is 0 Å². The van der Waals surface area contributed by atoms with Gasteiger partial charge in [-0.15, -0.1) is 0 Å². The monoisotopic (exact) mass is 247 g/mol. The van der Waals surface area contributed by atoms with E-state index in [0.717, 1.165) is 32.2 Å². The lowest BCUT2D eigenvalue weighted by Crippen LogP contribution is -2.57. The van der Waals surface area contributed by atoms with Crippen LogP contribution in [0.1, 0.15) is 38.5 Å². The summed E-state index contributed by atoms with van der Waals surface area (Å²) in [6, 6.07) is 0.528. The summed E-state index contributed by atoms with van der Waals surface area (Å²) < 4.78 is 0. The predicted octanol–water partition coefficient (Wildman–Crippen LogP) is 1.51. The van der Waals surface area contributed by atoms with Gasteiger partial charge in [0.05, 0.1) is 6.10 Å². The lowest BCUT2D eigenvalue weighted by atomic mass is 9.59. The molecule has 3 unspecified atom stereocenters. The van der Waals surface area contributed by atoms with Gasteiger partial charge < -0.3 is 5.11 Å². The van der Waals surface area contributed by atoms with Gasteiger partial charge in [-0.05, 0) is 44.2 Å². The lowest BCUT2D eigenvalue weighted by molar-refractivity contribution is -0.134. The van der Waals surface area contributed by atoms with Gasteiger partial charge in [0.1, 0.15) is 5.78 Å². The van der Waals surface area contributed by atoms with Crippen molar-refractivity contribution < 1.29 is 9.90 Å². The number of nitrogens with zero attached hydrogens (tertiary/aromatic N) is 1. The summed E-state index contributed by atoms with van der Waals surface area (Å²) in [4.78, 5) is 14.9. The van der Waals surface area contributed by atoms with Gasteiger partial charge in [-0.3, -0.25) is 9.69 Å². The van der Waals surface area contributed by atoms with Crippen molar-refractivity contribution in [3.05, 3.63) is 11.6 Å². The average Bonchev–Trinajstić information content (AvgIpc) is 2.59. The quantitative estimate of drug-likeness (QED) is 0.660. The Labute approximate surface area is 108 Å². The maximum atomic E-state index is 12.3. The summed E-state index contributed by atoms with van der Waals surface area (Å²) in [5, 5.41) is 10.4. The SMILES string of the molecule is O=C1CC[C@H]2N3CCC=C4[C@H](O)CC1C42CCC3. The van der Waals surface area contributed by atoms with Crippen LogP contribution >= 0.6 is 0 Å². The number of carbonyl (C=O) groups excluding carboxylic acids is 1. The van der Waals surface area contributed by atoms with E-state index in [4.69, 9.17) is 0 Å². The minimum Gasteiger partial charge on any atom is -0.389 e. The molecule has 2 heterocycles. The Morgan fingerprint density at radius 3 is 3.17 bits per heavy atom. The number of aliphatic hydroxyl groups is 1. The van der Waals surface area contributed by atoms with Crippen LogP contribution < -0.4 is 0 Å². The maximum absolute atomic E-state index is 12.3. The molecule has 1 saturated heterocycles. The topological polar surface area (TPSA) is 40.5 Å². The Morgan fingerprint density at radius 1 is 1.39 bits per heavy atom. The fraction of sp³-hybridized carbons (Fsp3) is 0.800. The Hall–Kier alpha value is -0.670. The van der Waals surface area contributed by atoms with Crippen molar-refractivity contribution >= 4 is 5.78 Å². The van der Waals surface area contributed by atoms with E-state index in [1.807, 2.05) is 0 Å². The highest BCUT2D eigenvalue weighted by molar-refractivity contribution is 5.85. The van der Waals surface area contributed by atoms with Crippen LogP contribution in [0.3, 0.4) is 0 Å². The molecule has 0 aromatic rings. The van der Waals surface area contributed by atoms with Gasteiger partial charge >= 0.3 is 0 Å². The molecule has 0 amide bonds. The van der Waals surface area contributed by atoms with Gasteiger partial charge in [0.15, 0.2) is 0 Å². The highest BCUT2D eigenvalue weighted by Gasteiger charge is 2.61. The fourth-order valence-corrected chi connectivity index (χ4v) is 5.33. The zero-order valence-corrected chi connectivity index (χ0v) is 10.8. The number of aliphatic hydroxyl groups excluding tert-OH is 1. The molecule has 0 aromatic carbocycles. The van der Waals surface area contributed by atoms with E-state index in [-0.39, 0.29) is 17.4 Å². The molecule has 4 aliphatic rings. The Balaban J connectivity index is 1.89. The van der Waals surface area contributed by atoms with Crippen LogP contribution in [-0.2, 0) is 4.79 Å². The standard InChI is InChI=1S/C15H21NO2/c17-12-4-5-14-15-6-2-8-16(14)7-1-3-10(15)13(18)9-11(12)15/h3,11,13-14,18H,1-2,4-9H2/t11?,13-,14-,15?/m1/s1. The third kappa shape index (κ3) is 1.19. The van der Waals surface area contributed by atoms with Gasteiger partial charge in [0.25, 0.3) is 0 Å². The summed E-state index contributed by atoms with van der Waals surface area (Å²) >= 11 is 0. The fourth-order valence-electron chi connectivity index (χ4n) is 5.33. The highest BCUT2D eigenvalue weighted by Crippen LogP contribution is 2.60. The molecule has 3 fully saturated rings. The first kappa shape index (κ1) is 11.2. The molecule has 2 aliphatic heterocycles. The summed E-state index contributed by atoms with van der Waals surface area (Å²) in [7, 11) is 0. The molecule has 1 spiro atoms. The largest absolute Gasteiger partial charge is 0.389 e. The number of hydrogen-bond donors (Lipinski definition) is 1. The summed E-state index contributed by atoms with van der Waals surface area (Å²) in [5.74, 6) is 0.524. The van der Waals surface area contributed by atoms with Crippen molar-refractivity contribution in [3.8, 4) is 0 Å². The minimum absolute atomic E-state index is 0.0174. The predicted molar refractivity (Wildman–Crippen MR) is 68.1 cm³/mol. The van der Waals surface area contributed by atoms with E-state index in [1.165, 1.54) is 18.5 Å². The van der Waals surface area contributed by atoms with Crippen molar-refractivity contribution in [2.75, 3.05) is 13.1 Å². The molecule has 18 heavy (non-hydrogen) atoms. The van der Waals surface area contributed by atoms with Gasteiger partial charge in [-0.2, -0.15) is 0 Å². The molecule has 4 rings (SSSR count). The lowest BCUT2D eigenvalue weighted by Gasteiger charge is -2.53. The van der Waals surface area contributed by atoms with Gasteiger partial charge in [-0.1, -0.05) is 6.08 Å². The summed E-state index contributed by atoms with van der Waals surface area (Å²) in [6.07, 6.45) is 7.70. The van der Waals surface area contributed by atoms with Crippen LogP contribution in [-0.4, -0.2) is 41.0 Å². The number of ketones is 1. The van der Waals surface area contributed by atoms with E-state index in [2.05, 4.69) is 11.0 Å². The van der Waals surface area contributed by atoms with Crippen LogP contribution in [0.2, 0.25) is 0 Å². The van der Waals surface area contributed by atoms with Crippen LogP contribution in [0.25, 0.3) is 0 Å². The first-order valence-electron chi connectivity index (χ1n) is 7.39. The second kappa shape index (κ2) is 3.67. The van der Waals surface area contributed by atoms with E-state index in [1.54, 1.807) is 0 Å². The second-order valence-corrected chi connectivity index (χ2v) is 6.45. The molecule has 2 aliphatic carbocycles. The van der Waals surface area contributed by atoms with Crippen LogP contribution in [0.4, 0.5) is 0 Å². The molecule has 2 bridgehead atoms. The molecule has 5 atom stereocenters. The Morgan fingerprint density at radius 2 is 2.28 bits per heavy atom. The highest BCUT2D eigenvalue weighted by atomic mass is 16.3. The molecular formula is C15H21NO2. The molecular weight excluding hydrogens is 226 g/mol. The van der Waals surface area contributed by atoms with Crippen LogP contribution in [0.15, 0.2) is 11.6 Å². The third-order valence-electron chi connectivity index (χ3n) is 5.88. The summed E-state index contributed by atoms with van der Waals surface area (Å²) in [5.41, 5.74) is 1.25. The first-order valence-corrected chi connectivity index (χ1v) is 7.39. The first-order chi connectivity index (χ1) is 8.73. The normalized spacial score (nSPS) is 50.5. The number of Topliss-reactive ketones (excluding diaryl/α,β-unsaturated/α-hetero) is 1. The maximum Gasteiger partial charge on any atom is 0.137 e. The number of carbonyl (C=O) groups is 1. The van der Waals surface area contributed by atoms with Gasteiger partial charge in [-0.25, -0.2) is 0 Å². The van der Waals surface area contributed by atoms with E-state index in [0.29, 0.717) is 18.2 Å². The van der Waals surface area contributed by atoms with Crippen molar-refractivity contribution in [1.82, 2.24) is 4.90 Å². The zero-order chi connectivity index (χ0) is 12.3. The number of hydrogen-bond acceptors (Lipinski definition) is 3. The molecule has 98 valence electrons. The van der Waals surface area contributed by atoms with Gasteiger partial charge in [0, 0.05) is 30.3 Å².